The number of nitrogens with zero attached hydrogens (tertiary/aromatic N) is 1. The minimum Gasteiger partial charge on any atom is -0.497 e. The van der Waals surface area contributed by atoms with Crippen molar-refractivity contribution in [3.05, 3.63) is 29.8 Å². The Morgan fingerprint density at radius 2 is 1.96 bits per heavy atom. The van der Waals surface area contributed by atoms with Crippen LogP contribution < -0.4 is 14.4 Å². The lowest BCUT2D eigenvalue weighted by Crippen LogP contribution is -3.10. The highest BCUT2D eigenvalue weighted by Crippen LogP contribution is 2.25. The fourth-order valence-corrected chi connectivity index (χ4v) is 2.90. The molecule has 0 radical (unpaired) electrons. The number of hydrogen-bond acceptors (Lipinski definition) is 3. The van der Waals surface area contributed by atoms with E-state index in [1.807, 2.05) is 30.1 Å². The molecule has 1 fully saturated rings. The van der Waals surface area contributed by atoms with E-state index in [-0.39, 0.29) is 5.91 Å². The summed E-state index contributed by atoms with van der Waals surface area (Å²) < 4.78 is 10.5. The van der Waals surface area contributed by atoms with Crippen molar-refractivity contribution in [1.82, 2.24) is 4.90 Å². The molecule has 0 saturated carbocycles. The van der Waals surface area contributed by atoms with Gasteiger partial charge in [0, 0.05) is 43.6 Å². The van der Waals surface area contributed by atoms with Crippen LogP contribution in [0.2, 0.25) is 0 Å². The predicted octanol–water partition coefficient (Wildman–Crippen LogP) is 0.853. The normalized spacial score (nSPS) is 21.2. The van der Waals surface area contributed by atoms with E-state index < -0.39 is 0 Å². The average Bonchev–Trinajstić information content (AvgIpc) is 2.59. The Morgan fingerprint density at radius 3 is 2.57 bits per heavy atom. The first-order chi connectivity index (χ1) is 11.0. The first kappa shape index (κ1) is 17.3. The molecule has 126 valence electrons. The Hall–Kier alpha value is -2.01. The molecular formula is C18H27N2O3+. The van der Waals surface area contributed by atoms with Gasteiger partial charge in [-0.2, -0.15) is 0 Å². The molecule has 1 N–H and O–H groups in total. The third-order valence-corrected chi connectivity index (χ3v) is 4.55. The summed E-state index contributed by atoms with van der Waals surface area (Å²) in [5.41, 5.74) is 0.864. The number of benzene rings is 1. The van der Waals surface area contributed by atoms with Gasteiger partial charge in [-0.25, -0.2) is 0 Å². The average molecular weight is 319 g/mol. The largest absolute Gasteiger partial charge is 0.497 e. The maximum atomic E-state index is 12.4. The van der Waals surface area contributed by atoms with Gasteiger partial charge in [-0.1, -0.05) is 0 Å². The van der Waals surface area contributed by atoms with E-state index in [2.05, 4.69) is 7.05 Å². The Morgan fingerprint density at radius 1 is 1.26 bits per heavy atom. The second kappa shape index (κ2) is 8.02. The predicted molar refractivity (Wildman–Crippen MR) is 91.0 cm³/mol. The number of ether oxygens (including phenoxy) is 2. The van der Waals surface area contributed by atoms with Gasteiger partial charge in [-0.3, -0.25) is 4.79 Å². The quantitative estimate of drug-likeness (QED) is 0.819. The van der Waals surface area contributed by atoms with Crippen molar-refractivity contribution in [3.8, 4) is 11.5 Å². The van der Waals surface area contributed by atoms with Crippen LogP contribution in [-0.4, -0.2) is 58.3 Å². The van der Waals surface area contributed by atoms with Gasteiger partial charge in [-0.15, -0.1) is 0 Å². The number of carbonyl (C=O) groups excluding carboxylic acids is 1. The van der Waals surface area contributed by atoms with Gasteiger partial charge in [0.2, 0.25) is 5.91 Å². The molecule has 0 aliphatic carbocycles. The molecule has 1 amide bonds. The minimum absolute atomic E-state index is 0.0347. The molecule has 1 aromatic carbocycles. The molecular weight excluding hydrogens is 292 g/mol. The van der Waals surface area contributed by atoms with Crippen molar-refractivity contribution >= 4 is 12.0 Å². The maximum absolute atomic E-state index is 12.4. The maximum Gasteiger partial charge on any atom is 0.246 e. The molecule has 0 aromatic heterocycles. The number of hydrogen-bond donors (Lipinski definition) is 1. The number of rotatable bonds is 5. The molecule has 2 rings (SSSR count). The topological polar surface area (TPSA) is 43.2 Å². The summed E-state index contributed by atoms with van der Waals surface area (Å²) in [6.45, 7) is 2.25. The van der Waals surface area contributed by atoms with Crippen molar-refractivity contribution in [2.75, 3.05) is 41.4 Å². The van der Waals surface area contributed by atoms with Crippen molar-refractivity contribution in [3.63, 3.8) is 0 Å². The van der Waals surface area contributed by atoms with Gasteiger partial charge in [0.25, 0.3) is 0 Å². The summed E-state index contributed by atoms with van der Waals surface area (Å²) in [6, 6.07) is 5.90. The van der Waals surface area contributed by atoms with E-state index in [9.17, 15) is 4.79 Å². The van der Waals surface area contributed by atoms with E-state index in [1.165, 1.54) is 0 Å². The Labute approximate surface area is 138 Å². The van der Waals surface area contributed by atoms with Gasteiger partial charge >= 0.3 is 0 Å². The third-order valence-electron chi connectivity index (χ3n) is 4.55. The molecule has 1 aliphatic rings. The van der Waals surface area contributed by atoms with Crippen LogP contribution in [0.15, 0.2) is 24.3 Å². The van der Waals surface area contributed by atoms with E-state index >= 15 is 0 Å². The highest BCUT2D eigenvalue weighted by Gasteiger charge is 2.24. The summed E-state index contributed by atoms with van der Waals surface area (Å²) in [5, 5.41) is 0. The number of quaternary nitrogens is 1. The number of piperidine rings is 1. The third kappa shape index (κ3) is 4.48. The smallest absolute Gasteiger partial charge is 0.246 e. The second-order valence-electron chi connectivity index (χ2n) is 6.08. The van der Waals surface area contributed by atoms with Gasteiger partial charge in [0.15, 0.2) is 0 Å². The standard InChI is InChI=1S/C18H26N2O3/c1-19-11-9-15(10-12-19)20(2)18(21)8-6-14-5-7-16(22-3)13-17(14)23-4/h5-8,13,15H,9-12H2,1-4H3/p+1/b8-6+. The van der Waals surface area contributed by atoms with Crippen LogP contribution in [0.25, 0.3) is 6.08 Å². The van der Waals surface area contributed by atoms with Crippen LogP contribution in [0.5, 0.6) is 11.5 Å². The van der Waals surface area contributed by atoms with Crippen LogP contribution >= 0.6 is 0 Å². The van der Waals surface area contributed by atoms with Crippen molar-refractivity contribution < 1.29 is 19.2 Å². The lowest BCUT2D eigenvalue weighted by molar-refractivity contribution is -0.885. The van der Waals surface area contributed by atoms with Crippen molar-refractivity contribution in [1.29, 1.82) is 0 Å². The Balaban J connectivity index is 2.03. The fraction of sp³-hybridized carbons (Fsp3) is 0.500. The van der Waals surface area contributed by atoms with Gasteiger partial charge < -0.3 is 19.3 Å². The van der Waals surface area contributed by atoms with Crippen LogP contribution in [0.1, 0.15) is 18.4 Å². The number of likely N-dealkylation sites (N-methyl/N-ethyl adjacent to an activating group) is 1. The number of nitrogens with one attached hydrogen (secondary N) is 1. The SMILES string of the molecule is COc1ccc(/C=C/C(=O)N(C)C2CC[NH+](C)CC2)c(OC)c1. The lowest BCUT2D eigenvalue weighted by atomic mass is 10.0. The molecule has 1 heterocycles. The second-order valence-corrected chi connectivity index (χ2v) is 6.08. The molecule has 5 heteroatoms. The first-order valence-electron chi connectivity index (χ1n) is 8.03. The van der Waals surface area contributed by atoms with E-state index in [4.69, 9.17) is 9.47 Å². The van der Waals surface area contributed by atoms with E-state index in [1.54, 1.807) is 31.3 Å². The molecule has 1 aromatic rings. The number of amides is 1. The summed E-state index contributed by atoms with van der Waals surface area (Å²) >= 11 is 0. The van der Waals surface area contributed by atoms with Crippen molar-refractivity contribution in [2.45, 2.75) is 18.9 Å². The molecule has 0 unspecified atom stereocenters. The fourth-order valence-electron chi connectivity index (χ4n) is 2.90. The molecule has 1 aliphatic heterocycles. The van der Waals surface area contributed by atoms with E-state index in [0.717, 1.165) is 37.2 Å². The minimum atomic E-state index is 0.0347. The molecule has 1 saturated heterocycles. The monoisotopic (exact) mass is 319 g/mol. The molecule has 0 bridgehead atoms. The van der Waals surface area contributed by atoms with Crippen LogP contribution in [0, 0.1) is 0 Å². The highest BCUT2D eigenvalue weighted by atomic mass is 16.5. The van der Waals surface area contributed by atoms with E-state index in [0.29, 0.717) is 11.8 Å². The Bertz CT molecular complexity index is 563. The number of likely N-dealkylation sites (tertiary alicyclic amines) is 1. The summed E-state index contributed by atoms with van der Waals surface area (Å²) in [5.74, 6) is 1.46. The van der Waals surface area contributed by atoms with Crippen LogP contribution in [-0.2, 0) is 4.79 Å². The van der Waals surface area contributed by atoms with Gasteiger partial charge in [0.05, 0.1) is 34.4 Å². The highest BCUT2D eigenvalue weighted by molar-refractivity contribution is 5.92. The molecule has 0 spiro atoms. The van der Waals surface area contributed by atoms with Gasteiger partial charge in [0.1, 0.15) is 11.5 Å². The molecule has 23 heavy (non-hydrogen) atoms. The zero-order chi connectivity index (χ0) is 16.8. The van der Waals surface area contributed by atoms with Crippen molar-refractivity contribution in [2.24, 2.45) is 0 Å². The van der Waals surface area contributed by atoms with Crippen LogP contribution in [0.3, 0.4) is 0 Å². The molecule has 0 atom stereocenters. The number of carbonyl (C=O) groups is 1. The lowest BCUT2D eigenvalue weighted by Gasteiger charge is -2.32. The summed E-state index contributed by atoms with van der Waals surface area (Å²) in [4.78, 5) is 15.8. The first-order valence-corrected chi connectivity index (χ1v) is 8.03. The summed E-state index contributed by atoms with van der Waals surface area (Å²) in [7, 11) is 7.32. The molecule has 5 nitrogen and oxygen atoms in total. The Kier molecular flexibility index (Phi) is 6.04. The number of methoxy groups -OCH3 is 2. The zero-order valence-corrected chi connectivity index (χ0v) is 14.5. The van der Waals surface area contributed by atoms with Crippen LogP contribution in [0.4, 0.5) is 0 Å². The van der Waals surface area contributed by atoms with Gasteiger partial charge in [-0.05, 0) is 18.2 Å². The zero-order valence-electron chi connectivity index (χ0n) is 14.5. The summed E-state index contributed by atoms with van der Waals surface area (Å²) in [6.07, 6.45) is 5.55.